The third kappa shape index (κ3) is 4.28. The van der Waals surface area contributed by atoms with Crippen LogP contribution in [0.3, 0.4) is 0 Å². The van der Waals surface area contributed by atoms with Crippen molar-refractivity contribution >= 4 is 11.7 Å². The molecule has 116 valence electrons. The van der Waals surface area contributed by atoms with E-state index in [1.54, 1.807) is 4.90 Å². The van der Waals surface area contributed by atoms with Gasteiger partial charge in [-0.25, -0.2) is 0 Å². The van der Waals surface area contributed by atoms with Gasteiger partial charge in [0.15, 0.2) is 5.78 Å². The van der Waals surface area contributed by atoms with Crippen LogP contribution in [0.15, 0.2) is 0 Å². The highest BCUT2D eigenvalue weighted by molar-refractivity contribution is 5.94. The monoisotopic (exact) mass is 283 g/mol. The van der Waals surface area contributed by atoms with Gasteiger partial charge in [0.25, 0.3) is 0 Å². The van der Waals surface area contributed by atoms with Crippen LogP contribution in [0.5, 0.6) is 0 Å². The number of ketones is 1. The molecule has 0 aromatic carbocycles. The number of nitrogens with zero attached hydrogens (tertiary/aromatic N) is 1. The van der Waals surface area contributed by atoms with E-state index in [-0.39, 0.29) is 17.7 Å². The minimum atomic E-state index is -0.505. The van der Waals surface area contributed by atoms with Crippen LogP contribution >= 0.6 is 0 Å². The summed E-state index contributed by atoms with van der Waals surface area (Å²) in [5.74, 6) is 0.0552. The molecule has 0 aromatic rings. The number of carbonyl (C=O) groups is 2. The average Bonchev–Trinajstić information content (AvgIpc) is 2.84. The van der Waals surface area contributed by atoms with Crippen molar-refractivity contribution in [2.75, 3.05) is 13.1 Å². The zero-order chi connectivity index (χ0) is 15.3. The van der Waals surface area contributed by atoms with Crippen molar-refractivity contribution in [3.8, 4) is 0 Å². The Labute approximate surface area is 122 Å². The van der Waals surface area contributed by atoms with E-state index >= 15 is 0 Å². The number of hydrogen-bond acceptors (Lipinski definition) is 4. The lowest BCUT2D eigenvalue weighted by Gasteiger charge is -2.30. The Morgan fingerprint density at radius 2 is 1.95 bits per heavy atom. The second-order valence-corrected chi connectivity index (χ2v) is 6.69. The lowest BCUT2D eigenvalue weighted by atomic mass is 9.85. The van der Waals surface area contributed by atoms with Crippen molar-refractivity contribution in [1.82, 2.24) is 4.90 Å². The summed E-state index contributed by atoms with van der Waals surface area (Å²) in [7, 11) is 0. The minimum absolute atomic E-state index is 0.0814. The highest BCUT2D eigenvalue weighted by Gasteiger charge is 2.39. The van der Waals surface area contributed by atoms with Gasteiger partial charge in [0.1, 0.15) is 0 Å². The first-order valence-electron chi connectivity index (χ1n) is 7.59. The molecule has 1 fully saturated rings. The lowest BCUT2D eigenvalue weighted by Crippen LogP contribution is -2.50. The number of unbranched alkanes of at least 4 members (excludes halogenated alkanes) is 1. The molecule has 1 saturated heterocycles. The van der Waals surface area contributed by atoms with Gasteiger partial charge < -0.3 is 16.4 Å². The SMILES string of the molecule is CC(C)(C)C(=O)[C@@H]1CCCN1C(=O)[C@@H](N)CCCCN. The van der Waals surface area contributed by atoms with Crippen LogP contribution in [-0.4, -0.2) is 41.8 Å². The Hall–Kier alpha value is -0.940. The van der Waals surface area contributed by atoms with E-state index in [2.05, 4.69) is 0 Å². The van der Waals surface area contributed by atoms with Crippen LogP contribution in [0.1, 0.15) is 52.9 Å². The number of rotatable bonds is 6. The number of Topliss-reactive ketones (excluding diaryl/α,β-unsaturated/α-hetero) is 1. The lowest BCUT2D eigenvalue weighted by molar-refractivity contribution is -0.141. The fraction of sp³-hybridized carbons (Fsp3) is 0.867. The Bertz CT molecular complexity index is 350. The zero-order valence-electron chi connectivity index (χ0n) is 13.0. The van der Waals surface area contributed by atoms with Crippen LogP contribution in [0.2, 0.25) is 0 Å². The molecular formula is C15H29N3O2. The van der Waals surface area contributed by atoms with Crippen molar-refractivity contribution in [1.29, 1.82) is 0 Å². The van der Waals surface area contributed by atoms with Gasteiger partial charge in [0.05, 0.1) is 12.1 Å². The molecule has 0 bridgehead atoms. The summed E-state index contributed by atoms with van der Waals surface area (Å²) in [6.45, 7) is 6.97. The van der Waals surface area contributed by atoms with Gasteiger partial charge in [-0.1, -0.05) is 27.2 Å². The Kier molecular flexibility index (Phi) is 6.14. The first-order valence-corrected chi connectivity index (χ1v) is 7.59. The van der Waals surface area contributed by atoms with Gasteiger partial charge in [-0.2, -0.15) is 0 Å². The van der Waals surface area contributed by atoms with Crippen molar-refractivity contribution in [2.45, 2.75) is 65.0 Å². The molecule has 1 rings (SSSR count). The molecule has 1 heterocycles. The minimum Gasteiger partial charge on any atom is -0.331 e. The predicted molar refractivity (Wildman–Crippen MR) is 80.1 cm³/mol. The van der Waals surface area contributed by atoms with Crippen LogP contribution in [0.25, 0.3) is 0 Å². The van der Waals surface area contributed by atoms with Gasteiger partial charge in [-0.05, 0) is 32.2 Å². The van der Waals surface area contributed by atoms with Crippen molar-refractivity contribution in [3.63, 3.8) is 0 Å². The van der Waals surface area contributed by atoms with E-state index < -0.39 is 11.5 Å². The molecule has 4 N–H and O–H groups in total. The number of carbonyl (C=O) groups excluding carboxylic acids is 2. The van der Waals surface area contributed by atoms with Crippen LogP contribution < -0.4 is 11.5 Å². The molecule has 1 aliphatic heterocycles. The van der Waals surface area contributed by atoms with E-state index in [1.165, 1.54) is 0 Å². The highest BCUT2D eigenvalue weighted by Crippen LogP contribution is 2.27. The first kappa shape index (κ1) is 17.1. The molecule has 0 aliphatic carbocycles. The molecule has 5 heteroatoms. The fourth-order valence-electron chi connectivity index (χ4n) is 2.65. The molecule has 0 aromatic heterocycles. The van der Waals surface area contributed by atoms with Gasteiger partial charge in [0.2, 0.25) is 5.91 Å². The average molecular weight is 283 g/mol. The summed E-state index contributed by atoms with van der Waals surface area (Å²) in [6, 6.07) is -0.794. The highest BCUT2D eigenvalue weighted by atomic mass is 16.2. The van der Waals surface area contributed by atoms with Crippen LogP contribution in [0, 0.1) is 5.41 Å². The predicted octanol–water partition coefficient (Wildman–Crippen LogP) is 1.05. The van der Waals surface area contributed by atoms with Gasteiger partial charge in [-0.3, -0.25) is 9.59 Å². The Balaban J connectivity index is 2.64. The number of amides is 1. The molecule has 1 aliphatic rings. The van der Waals surface area contributed by atoms with Crippen molar-refractivity contribution in [2.24, 2.45) is 16.9 Å². The van der Waals surface area contributed by atoms with E-state index in [4.69, 9.17) is 11.5 Å². The molecule has 2 atom stereocenters. The van der Waals surface area contributed by atoms with Crippen molar-refractivity contribution in [3.05, 3.63) is 0 Å². The molecular weight excluding hydrogens is 254 g/mol. The Morgan fingerprint density at radius 1 is 1.30 bits per heavy atom. The summed E-state index contributed by atoms with van der Waals surface area (Å²) in [5.41, 5.74) is 11.0. The molecule has 5 nitrogen and oxygen atoms in total. The summed E-state index contributed by atoms with van der Waals surface area (Å²) in [4.78, 5) is 26.5. The molecule has 0 unspecified atom stereocenters. The number of likely N-dealkylation sites (tertiary alicyclic amines) is 1. The molecule has 1 amide bonds. The van der Waals surface area contributed by atoms with Gasteiger partial charge in [-0.15, -0.1) is 0 Å². The molecule has 20 heavy (non-hydrogen) atoms. The summed E-state index contributed by atoms with van der Waals surface area (Å²) in [5, 5.41) is 0. The van der Waals surface area contributed by atoms with Gasteiger partial charge in [0, 0.05) is 12.0 Å². The van der Waals surface area contributed by atoms with E-state index in [0.717, 1.165) is 25.7 Å². The quantitative estimate of drug-likeness (QED) is 0.713. The van der Waals surface area contributed by atoms with Gasteiger partial charge >= 0.3 is 0 Å². The summed E-state index contributed by atoms with van der Waals surface area (Å²) < 4.78 is 0. The smallest absolute Gasteiger partial charge is 0.240 e. The first-order chi connectivity index (χ1) is 9.29. The third-order valence-electron chi connectivity index (χ3n) is 3.86. The zero-order valence-corrected chi connectivity index (χ0v) is 13.0. The fourth-order valence-corrected chi connectivity index (χ4v) is 2.65. The molecule has 0 saturated carbocycles. The van der Waals surface area contributed by atoms with E-state index in [9.17, 15) is 9.59 Å². The summed E-state index contributed by atoms with van der Waals surface area (Å²) in [6.07, 6.45) is 4.02. The largest absolute Gasteiger partial charge is 0.331 e. The number of nitrogens with two attached hydrogens (primary N) is 2. The Morgan fingerprint density at radius 3 is 2.50 bits per heavy atom. The standard InChI is InChI=1S/C15H29N3O2/c1-15(2,3)13(19)12-8-6-10-18(12)14(20)11(17)7-4-5-9-16/h11-12H,4-10,16-17H2,1-3H3/t11-,12-/m0/s1. The third-order valence-corrected chi connectivity index (χ3v) is 3.86. The second kappa shape index (κ2) is 7.18. The second-order valence-electron chi connectivity index (χ2n) is 6.69. The normalized spacial score (nSPS) is 21.1. The maximum absolute atomic E-state index is 12.4. The molecule has 0 radical (unpaired) electrons. The molecule has 0 spiro atoms. The van der Waals surface area contributed by atoms with Crippen LogP contribution in [0.4, 0.5) is 0 Å². The maximum Gasteiger partial charge on any atom is 0.240 e. The van der Waals surface area contributed by atoms with Crippen LogP contribution in [-0.2, 0) is 9.59 Å². The van der Waals surface area contributed by atoms with E-state index in [0.29, 0.717) is 19.5 Å². The maximum atomic E-state index is 12.4. The van der Waals surface area contributed by atoms with E-state index in [1.807, 2.05) is 20.8 Å². The number of hydrogen-bond donors (Lipinski definition) is 2. The summed E-state index contributed by atoms with van der Waals surface area (Å²) >= 11 is 0. The topological polar surface area (TPSA) is 89.4 Å². The van der Waals surface area contributed by atoms with Crippen molar-refractivity contribution < 1.29 is 9.59 Å².